The minimum absolute atomic E-state index is 0.101. The number of nitrogens with zero attached hydrogens (tertiary/aromatic N) is 2. The maximum absolute atomic E-state index is 12.6. The summed E-state index contributed by atoms with van der Waals surface area (Å²) in [7, 11) is 3.09. The highest BCUT2D eigenvalue weighted by molar-refractivity contribution is 5.81. The lowest BCUT2D eigenvalue weighted by Crippen LogP contribution is -2.41. The molecule has 0 radical (unpaired) electrons. The Morgan fingerprint density at radius 2 is 1.90 bits per heavy atom. The number of benzene rings is 2. The molecule has 30 heavy (non-hydrogen) atoms. The largest absolute Gasteiger partial charge is 0.493 e. The summed E-state index contributed by atoms with van der Waals surface area (Å²) < 4.78 is 22.5. The van der Waals surface area contributed by atoms with Crippen molar-refractivity contribution < 1.29 is 18.9 Å². The number of likely N-dealkylation sites (N-methyl/N-ethyl adjacent to an activating group) is 1. The monoisotopic (exact) mass is 411 g/mol. The highest BCUT2D eigenvalue weighted by Crippen LogP contribution is 2.31. The zero-order chi connectivity index (χ0) is 21.1. The lowest BCUT2D eigenvalue weighted by molar-refractivity contribution is 0.0573. The topological polar surface area (TPSA) is 85.9 Å². The molecule has 1 aliphatic heterocycles. The third-order valence-electron chi connectivity index (χ3n) is 5.11. The second-order valence-corrected chi connectivity index (χ2v) is 7.06. The zero-order valence-corrected chi connectivity index (χ0v) is 17.3. The molecule has 0 fully saturated rings. The van der Waals surface area contributed by atoms with Gasteiger partial charge < -0.3 is 23.9 Å². The minimum atomic E-state index is -0.210. The van der Waals surface area contributed by atoms with E-state index in [4.69, 9.17) is 18.9 Å². The summed E-state index contributed by atoms with van der Waals surface area (Å²) >= 11 is 0. The van der Waals surface area contributed by atoms with Crippen LogP contribution in [0.15, 0.2) is 41.2 Å². The Balaban J connectivity index is 1.53. The van der Waals surface area contributed by atoms with Crippen molar-refractivity contribution >= 4 is 10.9 Å². The summed E-state index contributed by atoms with van der Waals surface area (Å²) in [5.41, 5.74) is 0.354. The number of aromatic amines is 1. The van der Waals surface area contributed by atoms with Crippen LogP contribution in [0.1, 0.15) is 12.7 Å². The molecule has 0 spiro atoms. The average molecular weight is 411 g/mol. The Morgan fingerprint density at radius 3 is 2.63 bits per heavy atom. The molecule has 1 unspecified atom stereocenters. The SMILES string of the molecule is CCN(Cc1nc2cc(OC)c(OC)cc2c(=O)[nH]1)CC1COc2ccccc2O1. The molecule has 0 bridgehead atoms. The van der Waals surface area contributed by atoms with Gasteiger partial charge in [0.25, 0.3) is 5.56 Å². The lowest BCUT2D eigenvalue weighted by Gasteiger charge is -2.30. The first-order chi connectivity index (χ1) is 14.6. The van der Waals surface area contributed by atoms with E-state index in [1.165, 1.54) is 7.11 Å². The van der Waals surface area contributed by atoms with Gasteiger partial charge in [0.05, 0.1) is 31.7 Å². The molecule has 0 saturated heterocycles. The van der Waals surface area contributed by atoms with E-state index in [0.717, 1.165) is 18.0 Å². The van der Waals surface area contributed by atoms with Crippen molar-refractivity contribution in [1.82, 2.24) is 14.9 Å². The Bertz CT molecular complexity index is 1100. The molecule has 8 nitrogen and oxygen atoms in total. The van der Waals surface area contributed by atoms with E-state index in [9.17, 15) is 4.79 Å². The van der Waals surface area contributed by atoms with Crippen LogP contribution in [0.2, 0.25) is 0 Å². The van der Waals surface area contributed by atoms with Crippen molar-refractivity contribution in [1.29, 1.82) is 0 Å². The van der Waals surface area contributed by atoms with Gasteiger partial charge in [0.2, 0.25) is 0 Å². The first kappa shape index (κ1) is 20.0. The van der Waals surface area contributed by atoms with E-state index in [1.807, 2.05) is 24.3 Å². The van der Waals surface area contributed by atoms with Gasteiger partial charge in [-0.25, -0.2) is 4.98 Å². The summed E-state index contributed by atoms with van der Waals surface area (Å²) in [6, 6.07) is 11.0. The molecule has 1 N–H and O–H groups in total. The van der Waals surface area contributed by atoms with Crippen LogP contribution in [0.4, 0.5) is 0 Å². The Hall–Kier alpha value is -3.26. The quantitative estimate of drug-likeness (QED) is 0.640. The van der Waals surface area contributed by atoms with Crippen molar-refractivity contribution in [3.8, 4) is 23.0 Å². The molecule has 1 aromatic heterocycles. The fourth-order valence-corrected chi connectivity index (χ4v) is 3.55. The van der Waals surface area contributed by atoms with Gasteiger partial charge in [-0.1, -0.05) is 19.1 Å². The number of H-pyrrole nitrogens is 1. The zero-order valence-electron chi connectivity index (χ0n) is 17.3. The number of fused-ring (bicyclic) bond motifs is 2. The second-order valence-electron chi connectivity index (χ2n) is 7.06. The molecule has 2 aromatic carbocycles. The molecular weight excluding hydrogens is 386 g/mol. The minimum Gasteiger partial charge on any atom is -0.493 e. The molecule has 158 valence electrons. The summed E-state index contributed by atoms with van der Waals surface area (Å²) in [5, 5.41) is 0.458. The second kappa shape index (κ2) is 8.62. The van der Waals surface area contributed by atoms with Gasteiger partial charge in [0.15, 0.2) is 23.0 Å². The summed E-state index contributed by atoms with van der Waals surface area (Å²) in [6.45, 7) is 4.45. The maximum Gasteiger partial charge on any atom is 0.258 e. The standard InChI is InChI=1S/C22H25N3O5/c1-4-25(11-14-13-29-17-7-5-6-8-18(17)30-14)12-21-23-16-10-20(28-3)19(27-2)9-15(16)22(26)24-21/h5-10,14H,4,11-13H2,1-3H3,(H,23,24,26). The van der Waals surface area contributed by atoms with Crippen LogP contribution in [-0.4, -0.2) is 54.9 Å². The van der Waals surface area contributed by atoms with Crippen molar-refractivity contribution in [2.75, 3.05) is 33.9 Å². The molecule has 8 heteroatoms. The number of methoxy groups -OCH3 is 2. The molecule has 0 amide bonds. The third kappa shape index (κ3) is 4.04. The average Bonchev–Trinajstić information content (AvgIpc) is 2.77. The highest BCUT2D eigenvalue weighted by Gasteiger charge is 2.23. The number of hydrogen-bond acceptors (Lipinski definition) is 7. The van der Waals surface area contributed by atoms with E-state index in [2.05, 4.69) is 21.8 Å². The molecule has 2 heterocycles. The Kier molecular flexibility index (Phi) is 5.76. The first-order valence-corrected chi connectivity index (χ1v) is 9.87. The maximum atomic E-state index is 12.6. The van der Waals surface area contributed by atoms with E-state index >= 15 is 0 Å². The molecule has 1 atom stereocenters. The van der Waals surface area contributed by atoms with Gasteiger partial charge in [0, 0.05) is 12.6 Å². The van der Waals surface area contributed by atoms with E-state index in [-0.39, 0.29) is 11.7 Å². The summed E-state index contributed by atoms with van der Waals surface area (Å²) in [5.74, 6) is 3.13. The van der Waals surface area contributed by atoms with Crippen LogP contribution in [0.25, 0.3) is 10.9 Å². The summed E-state index contributed by atoms with van der Waals surface area (Å²) in [6.07, 6.45) is -0.101. The van der Waals surface area contributed by atoms with Gasteiger partial charge in [0.1, 0.15) is 18.5 Å². The van der Waals surface area contributed by atoms with Crippen LogP contribution >= 0.6 is 0 Å². The Labute approximate surface area is 174 Å². The fourth-order valence-electron chi connectivity index (χ4n) is 3.55. The van der Waals surface area contributed by atoms with Crippen LogP contribution in [0.5, 0.6) is 23.0 Å². The lowest BCUT2D eigenvalue weighted by atomic mass is 10.2. The van der Waals surface area contributed by atoms with Crippen molar-refractivity contribution in [2.45, 2.75) is 19.6 Å². The van der Waals surface area contributed by atoms with Gasteiger partial charge in [-0.15, -0.1) is 0 Å². The van der Waals surface area contributed by atoms with Crippen molar-refractivity contribution in [2.24, 2.45) is 0 Å². The summed E-state index contributed by atoms with van der Waals surface area (Å²) in [4.78, 5) is 22.3. The van der Waals surface area contributed by atoms with Crippen LogP contribution in [0, 0.1) is 0 Å². The molecule has 3 aromatic rings. The Morgan fingerprint density at radius 1 is 1.17 bits per heavy atom. The van der Waals surface area contributed by atoms with Gasteiger partial charge >= 0.3 is 0 Å². The van der Waals surface area contributed by atoms with Crippen LogP contribution < -0.4 is 24.5 Å². The predicted molar refractivity (Wildman–Crippen MR) is 113 cm³/mol. The molecule has 1 aliphatic rings. The van der Waals surface area contributed by atoms with Gasteiger partial charge in [-0.05, 0) is 24.7 Å². The number of nitrogens with one attached hydrogen (secondary N) is 1. The molecular formula is C22H25N3O5. The highest BCUT2D eigenvalue weighted by atomic mass is 16.6. The third-order valence-corrected chi connectivity index (χ3v) is 5.11. The van der Waals surface area contributed by atoms with Crippen LogP contribution in [-0.2, 0) is 6.54 Å². The number of rotatable bonds is 7. The number of hydrogen-bond donors (Lipinski definition) is 1. The van der Waals surface area contributed by atoms with E-state index < -0.39 is 0 Å². The fraction of sp³-hybridized carbons (Fsp3) is 0.364. The normalized spacial score (nSPS) is 15.4. The molecule has 0 aliphatic carbocycles. The molecule has 4 rings (SSSR count). The number of aromatic nitrogens is 2. The number of ether oxygens (including phenoxy) is 4. The van der Waals surface area contributed by atoms with Crippen molar-refractivity contribution in [3.05, 3.63) is 52.6 Å². The van der Waals surface area contributed by atoms with Crippen molar-refractivity contribution in [3.63, 3.8) is 0 Å². The van der Waals surface area contributed by atoms with E-state index in [0.29, 0.717) is 47.9 Å². The van der Waals surface area contributed by atoms with Crippen LogP contribution in [0.3, 0.4) is 0 Å². The number of para-hydroxylation sites is 2. The first-order valence-electron chi connectivity index (χ1n) is 9.87. The molecule has 0 saturated carbocycles. The predicted octanol–water partition coefficient (Wildman–Crippen LogP) is 2.60. The smallest absolute Gasteiger partial charge is 0.258 e. The van der Waals surface area contributed by atoms with E-state index in [1.54, 1.807) is 19.2 Å². The van der Waals surface area contributed by atoms with Gasteiger partial charge in [-0.3, -0.25) is 9.69 Å². The van der Waals surface area contributed by atoms with Gasteiger partial charge in [-0.2, -0.15) is 0 Å².